The minimum Gasteiger partial charge on any atom is -0.456 e. The molecule has 11 heteroatoms. The lowest BCUT2D eigenvalue weighted by Crippen LogP contribution is -2.34. The highest BCUT2D eigenvalue weighted by Crippen LogP contribution is 2.35. The summed E-state index contributed by atoms with van der Waals surface area (Å²) in [5.74, 6) is 3.00. The number of hydrogen-bond donors (Lipinski definition) is 1. The van der Waals surface area contributed by atoms with Crippen LogP contribution in [0, 0.1) is 5.92 Å². The Balaban J connectivity index is 1.14. The van der Waals surface area contributed by atoms with E-state index >= 15 is 0 Å². The summed E-state index contributed by atoms with van der Waals surface area (Å²) in [5, 5.41) is 3.79. The molecule has 3 aromatic heterocycles. The van der Waals surface area contributed by atoms with E-state index in [-0.39, 0.29) is 0 Å². The summed E-state index contributed by atoms with van der Waals surface area (Å²) in [7, 11) is 1.96. The highest BCUT2D eigenvalue weighted by molar-refractivity contribution is 6.32. The second-order valence-corrected chi connectivity index (χ2v) is 9.76. The molecule has 2 saturated heterocycles. The summed E-state index contributed by atoms with van der Waals surface area (Å²) in [6, 6.07) is 11.6. The fraction of sp³-hybridized carbons (Fsp3) is 0.269. The van der Waals surface area contributed by atoms with Gasteiger partial charge >= 0.3 is 0 Å². The van der Waals surface area contributed by atoms with Gasteiger partial charge < -0.3 is 24.3 Å². The lowest BCUT2D eigenvalue weighted by Gasteiger charge is -2.22. The molecule has 7 rings (SSSR count). The molecule has 2 unspecified atom stereocenters. The third kappa shape index (κ3) is 3.98. The summed E-state index contributed by atoms with van der Waals surface area (Å²) < 4.78 is 13.7. The molecular formula is C26H23ClN8O2. The van der Waals surface area contributed by atoms with Crippen molar-refractivity contribution in [3.8, 4) is 11.5 Å². The van der Waals surface area contributed by atoms with Gasteiger partial charge in [0, 0.05) is 31.3 Å². The van der Waals surface area contributed by atoms with Gasteiger partial charge in [-0.2, -0.15) is 0 Å². The van der Waals surface area contributed by atoms with Crippen LogP contribution >= 0.6 is 11.6 Å². The average molecular weight is 515 g/mol. The van der Waals surface area contributed by atoms with Gasteiger partial charge in [-0.25, -0.2) is 24.9 Å². The number of nitrogens with zero attached hydrogens (tertiary/aromatic N) is 7. The molecule has 0 radical (unpaired) electrons. The van der Waals surface area contributed by atoms with E-state index in [4.69, 9.17) is 26.1 Å². The van der Waals surface area contributed by atoms with Gasteiger partial charge in [0.25, 0.3) is 0 Å². The van der Waals surface area contributed by atoms with E-state index in [2.05, 4.69) is 30.2 Å². The molecule has 1 N–H and O–H groups in total. The highest BCUT2D eigenvalue weighted by Gasteiger charge is 2.39. The third-order valence-electron chi connectivity index (χ3n) is 7.05. The predicted octanol–water partition coefficient (Wildman–Crippen LogP) is 4.72. The maximum absolute atomic E-state index is 6.59. The van der Waals surface area contributed by atoms with Crippen molar-refractivity contribution >= 4 is 51.1 Å². The molecule has 5 heterocycles. The van der Waals surface area contributed by atoms with Crippen LogP contribution in [0.4, 0.5) is 17.5 Å². The second kappa shape index (κ2) is 8.82. The summed E-state index contributed by atoms with van der Waals surface area (Å²) >= 11 is 6.59. The number of imidazole rings is 1. The Morgan fingerprint density at radius 2 is 2.00 bits per heavy atom. The summed E-state index contributed by atoms with van der Waals surface area (Å²) in [6.45, 7) is 2.44. The molecule has 2 aromatic carbocycles. The first-order valence-corrected chi connectivity index (χ1v) is 12.5. The van der Waals surface area contributed by atoms with Crippen LogP contribution in [-0.4, -0.2) is 55.3 Å². The smallest absolute Gasteiger partial charge is 0.226 e. The van der Waals surface area contributed by atoms with Crippen LogP contribution in [0.2, 0.25) is 5.02 Å². The third-order valence-corrected chi connectivity index (χ3v) is 7.34. The summed E-state index contributed by atoms with van der Waals surface area (Å²) in [5.41, 5.74) is 3.95. The molecule has 0 amide bonds. The fourth-order valence-corrected chi connectivity index (χ4v) is 5.32. The molecule has 2 aliphatic heterocycles. The first kappa shape index (κ1) is 22.2. The van der Waals surface area contributed by atoms with E-state index in [1.165, 1.54) is 6.33 Å². The molecule has 2 aliphatic rings. The first-order chi connectivity index (χ1) is 18.1. The molecule has 2 fully saturated rings. The molecular weight excluding hydrogens is 492 g/mol. The molecule has 186 valence electrons. The second-order valence-electron chi connectivity index (χ2n) is 9.35. The van der Waals surface area contributed by atoms with Gasteiger partial charge in [-0.15, -0.1) is 0 Å². The fourth-order valence-electron chi connectivity index (χ4n) is 5.11. The van der Waals surface area contributed by atoms with Gasteiger partial charge in [-0.3, -0.25) is 0 Å². The topological polar surface area (TPSA) is 103 Å². The number of aromatic nitrogens is 6. The quantitative estimate of drug-likeness (QED) is 0.356. The van der Waals surface area contributed by atoms with Crippen LogP contribution in [0.1, 0.15) is 6.42 Å². The molecule has 0 spiro atoms. The Morgan fingerprint density at radius 1 is 1.05 bits per heavy atom. The minimum absolute atomic E-state index is 0.322. The number of rotatable bonds is 5. The van der Waals surface area contributed by atoms with E-state index < -0.39 is 0 Å². The van der Waals surface area contributed by atoms with E-state index in [9.17, 15) is 0 Å². The summed E-state index contributed by atoms with van der Waals surface area (Å²) in [6.07, 6.45) is 6.11. The van der Waals surface area contributed by atoms with Gasteiger partial charge in [0.2, 0.25) is 5.95 Å². The van der Waals surface area contributed by atoms with Crippen LogP contribution in [0.3, 0.4) is 0 Å². The van der Waals surface area contributed by atoms with Crippen LogP contribution in [0.25, 0.3) is 22.1 Å². The molecule has 2 atom stereocenters. The van der Waals surface area contributed by atoms with Crippen LogP contribution in [0.15, 0.2) is 55.2 Å². The number of ether oxygens (including phenoxy) is 2. The molecule has 37 heavy (non-hydrogen) atoms. The molecule has 10 nitrogen and oxygen atoms in total. The van der Waals surface area contributed by atoms with Crippen LogP contribution in [0.5, 0.6) is 11.5 Å². The number of fused-ring (bicyclic) bond motifs is 3. The lowest BCUT2D eigenvalue weighted by atomic mass is 10.1. The van der Waals surface area contributed by atoms with Crippen molar-refractivity contribution in [1.29, 1.82) is 0 Å². The van der Waals surface area contributed by atoms with E-state index in [0.717, 1.165) is 36.3 Å². The van der Waals surface area contributed by atoms with Gasteiger partial charge in [0.15, 0.2) is 5.82 Å². The maximum atomic E-state index is 6.59. The van der Waals surface area contributed by atoms with Gasteiger partial charge in [0.05, 0.1) is 47.8 Å². The zero-order valence-electron chi connectivity index (χ0n) is 20.0. The van der Waals surface area contributed by atoms with Crippen molar-refractivity contribution in [2.45, 2.75) is 12.5 Å². The number of benzene rings is 2. The van der Waals surface area contributed by atoms with Crippen molar-refractivity contribution in [2.75, 3.05) is 30.0 Å². The number of aryl methyl sites for hydroxylation is 1. The summed E-state index contributed by atoms with van der Waals surface area (Å²) in [4.78, 5) is 24.8. The zero-order valence-corrected chi connectivity index (χ0v) is 20.8. The normalized spacial score (nSPS) is 19.0. The SMILES string of the molecule is Cn1cnc2cc(Oc3ccc(Nc4ncnc5cnc(N6CCC7COCC76)nc45)cc3Cl)ccc21. The monoisotopic (exact) mass is 514 g/mol. The van der Waals surface area contributed by atoms with Crippen molar-refractivity contribution in [3.05, 3.63) is 60.3 Å². The number of hydrogen-bond acceptors (Lipinski definition) is 9. The maximum Gasteiger partial charge on any atom is 0.226 e. The Morgan fingerprint density at radius 3 is 2.92 bits per heavy atom. The lowest BCUT2D eigenvalue weighted by molar-refractivity contribution is 0.179. The Hall–Kier alpha value is -4.02. The number of nitrogens with one attached hydrogen (secondary N) is 1. The van der Waals surface area contributed by atoms with E-state index in [1.807, 2.05) is 41.9 Å². The highest BCUT2D eigenvalue weighted by atomic mass is 35.5. The number of halogens is 1. The molecule has 0 bridgehead atoms. The standard InChI is InChI=1S/C26H23ClN8O2/c1-34-14-31-19-9-17(3-4-21(19)34)37-23-5-2-16(8-18(23)27)32-25-24-20(29-13-30-25)10-28-26(33-24)35-7-6-15-11-36-12-22(15)35/h2-5,8-10,13-15,22H,6-7,11-12H2,1H3,(H,29,30,32). The molecule has 0 saturated carbocycles. The van der Waals surface area contributed by atoms with Crippen molar-refractivity contribution < 1.29 is 9.47 Å². The molecule has 5 aromatic rings. The Bertz CT molecular complexity index is 1640. The van der Waals surface area contributed by atoms with Crippen LogP contribution in [-0.2, 0) is 11.8 Å². The molecule has 0 aliphatic carbocycles. The number of anilines is 3. The van der Waals surface area contributed by atoms with Gasteiger partial charge in [0.1, 0.15) is 28.9 Å². The van der Waals surface area contributed by atoms with Crippen molar-refractivity contribution in [1.82, 2.24) is 29.5 Å². The van der Waals surface area contributed by atoms with Crippen molar-refractivity contribution in [3.63, 3.8) is 0 Å². The average Bonchev–Trinajstić information content (AvgIpc) is 3.62. The predicted molar refractivity (Wildman–Crippen MR) is 141 cm³/mol. The Labute approximate surface area is 217 Å². The zero-order chi connectivity index (χ0) is 24.9. The van der Waals surface area contributed by atoms with Crippen molar-refractivity contribution in [2.24, 2.45) is 13.0 Å². The van der Waals surface area contributed by atoms with Gasteiger partial charge in [-0.1, -0.05) is 11.6 Å². The first-order valence-electron chi connectivity index (χ1n) is 12.1. The van der Waals surface area contributed by atoms with Crippen LogP contribution < -0.4 is 15.0 Å². The minimum atomic E-state index is 0.322. The largest absolute Gasteiger partial charge is 0.456 e. The van der Waals surface area contributed by atoms with E-state index in [1.54, 1.807) is 18.6 Å². The van der Waals surface area contributed by atoms with E-state index in [0.29, 0.717) is 57.9 Å². The Kier molecular flexibility index (Phi) is 5.29. The van der Waals surface area contributed by atoms with Gasteiger partial charge in [-0.05, 0) is 36.8 Å².